The van der Waals surface area contributed by atoms with E-state index in [0.29, 0.717) is 6.41 Å². The molecule has 2 N–H and O–H groups in total. The Morgan fingerprint density at radius 2 is 2.12 bits per heavy atom. The maximum Gasteiger partial charge on any atom is 0.318 e. The Labute approximate surface area is 94.1 Å². The first-order valence-electron chi connectivity index (χ1n) is 4.76. The van der Waals surface area contributed by atoms with Gasteiger partial charge >= 0.3 is 12.0 Å². The van der Waals surface area contributed by atoms with E-state index in [4.69, 9.17) is 0 Å². The molecule has 0 fully saturated rings. The minimum atomic E-state index is -0.389. The van der Waals surface area contributed by atoms with Crippen molar-refractivity contribution in [1.82, 2.24) is 15.5 Å². The first-order chi connectivity index (χ1) is 7.52. The summed E-state index contributed by atoms with van der Waals surface area (Å²) in [5.41, 5.74) is 0. The minimum absolute atomic E-state index is 0.0548. The second-order valence-corrected chi connectivity index (χ2v) is 3.29. The van der Waals surface area contributed by atoms with Gasteiger partial charge in [0.25, 0.3) is 0 Å². The summed E-state index contributed by atoms with van der Waals surface area (Å²) in [6, 6.07) is -0.370. The van der Waals surface area contributed by atoms with Crippen molar-refractivity contribution >= 4 is 18.4 Å². The summed E-state index contributed by atoms with van der Waals surface area (Å²) >= 11 is 0. The lowest BCUT2D eigenvalue weighted by molar-refractivity contribution is -0.145. The minimum Gasteiger partial charge on any atom is -0.469 e. The van der Waals surface area contributed by atoms with Crippen LogP contribution in [0, 0.1) is 5.92 Å². The molecule has 1 atom stereocenters. The van der Waals surface area contributed by atoms with E-state index in [1.54, 1.807) is 14.0 Å². The Balaban J connectivity index is 3.94. The van der Waals surface area contributed by atoms with Gasteiger partial charge in [0.15, 0.2) is 0 Å². The van der Waals surface area contributed by atoms with Crippen molar-refractivity contribution in [2.45, 2.75) is 6.92 Å². The van der Waals surface area contributed by atoms with Crippen molar-refractivity contribution in [2.75, 3.05) is 27.4 Å². The van der Waals surface area contributed by atoms with Crippen LogP contribution in [0.1, 0.15) is 6.92 Å². The van der Waals surface area contributed by atoms with Gasteiger partial charge in [-0.15, -0.1) is 0 Å². The third-order valence-corrected chi connectivity index (χ3v) is 1.92. The average molecular weight is 231 g/mol. The molecule has 0 unspecified atom stereocenters. The van der Waals surface area contributed by atoms with Crippen molar-refractivity contribution in [1.29, 1.82) is 0 Å². The van der Waals surface area contributed by atoms with E-state index in [1.165, 1.54) is 12.0 Å². The number of hydrogen-bond acceptors (Lipinski definition) is 4. The van der Waals surface area contributed by atoms with Crippen molar-refractivity contribution in [3.8, 4) is 0 Å². The number of nitrogens with zero attached hydrogens (tertiary/aromatic N) is 1. The molecule has 0 spiro atoms. The number of ether oxygens (including phenoxy) is 1. The maximum absolute atomic E-state index is 11.4. The Morgan fingerprint density at radius 3 is 2.62 bits per heavy atom. The van der Waals surface area contributed by atoms with Crippen molar-refractivity contribution in [3.05, 3.63) is 0 Å². The van der Waals surface area contributed by atoms with Crippen LogP contribution in [0.5, 0.6) is 0 Å². The summed E-state index contributed by atoms with van der Waals surface area (Å²) in [5, 5.41) is 4.73. The predicted molar refractivity (Wildman–Crippen MR) is 56.4 cm³/mol. The molecule has 0 radical (unpaired) electrons. The number of carbonyl (C=O) groups excluding carboxylic acids is 3. The fourth-order valence-corrected chi connectivity index (χ4v) is 1.07. The van der Waals surface area contributed by atoms with Crippen LogP contribution in [-0.2, 0) is 14.3 Å². The van der Waals surface area contributed by atoms with Gasteiger partial charge in [-0.2, -0.15) is 0 Å². The zero-order chi connectivity index (χ0) is 12.6. The van der Waals surface area contributed by atoms with Gasteiger partial charge in [-0.25, -0.2) is 4.79 Å². The van der Waals surface area contributed by atoms with Crippen LogP contribution < -0.4 is 10.6 Å². The predicted octanol–water partition coefficient (Wildman–Crippen LogP) is -0.860. The van der Waals surface area contributed by atoms with Gasteiger partial charge in [-0.05, 0) is 0 Å². The normalized spacial score (nSPS) is 11.2. The second kappa shape index (κ2) is 7.49. The van der Waals surface area contributed by atoms with Crippen LogP contribution in [0.3, 0.4) is 0 Å². The molecule has 0 heterocycles. The number of methoxy groups -OCH3 is 1. The van der Waals surface area contributed by atoms with E-state index in [-0.39, 0.29) is 31.1 Å². The Hall–Kier alpha value is -1.79. The van der Waals surface area contributed by atoms with Crippen LogP contribution in [0.2, 0.25) is 0 Å². The third kappa shape index (κ3) is 5.18. The van der Waals surface area contributed by atoms with Crippen LogP contribution in [0.15, 0.2) is 0 Å². The average Bonchev–Trinajstić information content (AvgIpc) is 2.27. The summed E-state index contributed by atoms with van der Waals surface area (Å²) in [6.45, 7) is 1.97. The van der Waals surface area contributed by atoms with E-state index in [0.717, 1.165) is 0 Å². The summed E-state index contributed by atoms with van der Waals surface area (Å²) < 4.78 is 4.54. The monoisotopic (exact) mass is 231 g/mol. The molecule has 0 rings (SSSR count). The van der Waals surface area contributed by atoms with E-state index >= 15 is 0 Å². The van der Waals surface area contributed by atoms with Gasteiger partial charge in [-0.1, -0.05) is 6.92 Å². The number of rotatable bonds is 6. The molecule has 16 heavy (non-hydrogen) atoms. The zero-order valence-corrected chi connectivity index (χ0v) is 9.65. The highest BCUT2D eigenvalue weighted by Gasteiger charge is 2.18. The number of carbonyl (C=O) groups is 3. The van der Waals surface area contributed by atoms with Crippen LogP contribution >= 0.6 is 0 Å². The lowest BCUT2D eigenvalue weighted by atomic mass is 10.2. The molecule has 0 aliphatic carbocycles. The number of esters is 1. The molecule has 0 saturated heterocycles. The summed E-state index contributed by atoms with van der Waals surface area (Å²) in [5.74, 6) is -0.759. The van der Waals surface area contributed by atoms with Gasteiger partial charge < -0.3 is 20.3 Å². The summed E-state index contributed by atoms with van der Waals surface area (Å²) in [6.07, 6.45) is 0.483. The Morgan fingerprint density at radius 1 is 1.50 bits per heavy atom. The highest BCUT2D eigenvalue weighted by molar-refractivity contribution is 5.76. The van der Waals surface area contributed by atoms with Crippen LogP contribution in [0.4, 0.5) is 4.79 Å². The second-order valence-electron chi connectivity index (χ2n) is 3.29. The summed E-state index contributed by atoms with van der Waals surface area (Å²) in [4.78, 5) is 33.7. The SMILES string of the molecule is COC(=O)[C@@H](C)CN(C)C(=O)NCNC=O. The molecule has 3 amide bonds. The fourth-order valence-electron chi connectivity index (χ4n) is 1.07. The Kier molecular flexibility index (Phi) is 6.66. The van der Waals surface area contributed by atoms with Crippen LogP contribution in [-0.4, -0.2) is 50.7 Å². The molecule has 0 aromatic carbocycles. The van der Waals surface area contributed by atoms with Gasteiger partial charge in [0.2, 0.25) is 6.41 Å². The number of urea groups is 1. The van der Waals surface area contributed by atoms with Gasteiger partial charge in [0, 0.05) is 13.6 Å². The molecule has 0 saturated carbocycles. The summed E-state index contributed by atoms with van der Waals surface area (Å²) in [7, 11) is 2.85. The molecule has 0 bridgehead atoms. The molecule has 92 valence electrons. The Bertz CT molecular complexity index is 257. The molecule has 0 aromatic rings. The van der Waals surface area contributed by atoms with E-state index in [9.17, 15) is 14.4 Å². The topological polar surface area (TPSA) is 87.7 Å². The van der Waals surface area contributed by atoms with E-state index in [1.807, 2.05) is 0 Å². The van der Waals surface area contributed by atoms with Gasteiger partial charge in [-0.3, -0.25) is 9.59 Å². The number of hydrogen-bond donors (Lipinski definition) is 2. The van der Waals surface area contributed by atoms with Crippen molar-refractivity contribution in [3.63, 3.8) is 0 Å². The number of amides is 3. The fraction of sp³-hybridized carbons (Fsp3) is 0.667. The standard InChI is InChI=1S/C9H17N3O4/c1-7(8(14)16-3)4-12(2)9(15)11-5-10-6-13/h6-7H,4-5H2,1-3H3,(H,10,13)(H,11,15)/t7-/m0/s1. The third-order valence-electron chi connectivity index (χ3n) is 1.92. The van der Waals surface area contributed by atoms with Gasteiger partial charge in [0.05, 0.1) is 19.7 Å². The van der Waals surface area contributed by atoms with Crippen molar-refractivity contribution in [2.24, 2.45) is 5.92 Å². The van der Waals surface area contributed by atoms with E-state index in [2.05, 4.69) is 15.4 Å². The maximum atomic E-state index is 11.4. The molecular weight excluding hydrogens is 214 g/mol. The molecule has 0 aliphatic rings. The molecular formula is C9H17N3O4. The largest absolute Gasteiger partial charge is 0.469 e. The van der Waals surface area contributed by atoms with Crippen LogP contribution in [0.25, 0.3) is 0 Å². The van der Waals surface area contributed by atoms with E-state index < -0.39 is 0 Å². The first kappa shape index (κ1) is 14.2. The molecule has 7 heteroatoms. The lowest BCUT2D eigenvalue weighted by Gasteiger charge is -2.20. The van der Waals surface area contributed by atoms with Gasteiger partial charge in [0.1, 0.15) is 0 Å². The zero-order valence-electron chi connectivity index (χ0n) is 9.65. The molecule has 0 aromatic heterocycles. The molecule has 7 nitrogen and oxygen atoms in total. The van der Waals surface area contributed by atoms with Crippen molar-refractivity contribution < 1.29 is 19.1 Å². The number of nitrogens with one attached hydrogen (secondary N) is 2. The highest BCUT2D eigenvalue weighted by Crippen LogP contribution is 2.00. The molecule has 0 aliphatic heterocycles. The quantitative estimate of drug-likeness (QED) is 0.269. The first-order valence-corrected chi connectivity index (χ1v) is 4.76. The lowest BCUT2D eigenvalue weighted by Crippen LogP contribution is -2.44. The highest BCUT2D eigenvalue weighted by atomic mass is 16.5. The smallest absolute Gasteiger partial charge is 0.318 e.